The zero-order valence-electron chi connectivity index (χ0n) is 55.0. The average molecular weight is 1180 g/mol. The molecule has 0 spiro atoms. The molecule has 0 amide bonds. The van der Waals surface area contributed by atoms with Crippen LogP contribution in [0.3, 0.4) is 0 Å². The monoisotopic (exact) mass is 1180 g/mol. The Morgan fingerprint density at radius 3 is 0.941 bits per heavy atom. The summed E-state index contributed by atoms with van der Waals surface area (Å²) in [7, 11) is 5.97. The second kappa shape index (κ2) is 65.2. The number of hydrogen-bond donors (Lipinski definition) is 1. The summed E-state index contributed by atoms with van der Waals surface area (Å²) in [5.41, 5.74) is 0. The number of aliphatic carboxylic acids is 1. The Bertz CT molecular complexity index is 1900. The van der Waals surface area contributed by atoms with Gasteiger partial charge >= 0.3 is 17.9 Å². The third-order valence-corrected chi connectivity index (χ3v) is 14.1. The first-order valence-electron chi connectivity index (χ1n) is 34.0. The van der Waals surface area contributed by atoms with Crippen molar-refractivity contribution in [1.29, 1.82) is 0 Å². The fourth-order valence-electron chi connectivity index (χ4n) is 8.96. The molecule has 1 N–H and O–H groups in total. The topological polar surface area (TPSA) is 108 Å². The van der Waals surface area contributed by atoms with Crippen molar-refractivity contribution in [2.45, 2.75) is 270 Å². The van der Waals surface area contributed by atoms with Crippen LogP contribution in [-0.2, 0) is 33.3 Å². The highest BCUT2D eigenvalue weighted by atomic mass is 16.7. The molecular formula is C76H126NO8+. The van der Waals surface area contributed by atoms with Crippen molar-refractivity contribution >= 4 is 17.9 Å². The molecule has 0 rings (SSSR count). The largest absolute Gasteiger partial charge is 0.477 e. The lowest BCUT2D eigenvalue weighted by Crippen LogP contribution is -2.40. The Morgan fingerprint density at radius 2 is 0.635 bits per heavy atom. The standard InChI is InChI=1S/C76H125NO8/c1-6-8-10-12-14-16-18-20-22-24-26-28-30-32-34-36-37-39-41-43-45-47-49-51-53-55-57-59-61-63-65-67-74(79)85-72(71-84-76(75(80)81)82-69-68-77(3,4)5)70-83-73(78)66-64-62-60-58-56-54-52-50-48-46-44-42-40-38-35-33-31-29-27-25-23-21-19-17-15-13-11-9-7-2/h8-11,14-17,20-23,26-29,32-35,37,39-40,42,72,76H,6-7,12-13,18-19,24-25,30-31,36,38,41,43-71H2,1-5H3/p+1/b10-8-,11-9-,16-14-,17-15-,22-20-,23-21-,28-26-,29-27-,34-32-,35-33-,39-37-,42-40-. The van der Waals surface area contributed by atoms with Crippen LogP contribution in [0.5, 0.6) is 0 Å². The molecule has 0 aromatic rings. The SMILES string of the molecule is CC/C=C\C/C=C\C/C=C\C/C=C\C/C=C\C/C=C\CCCCCCCCCCCCCCC(=O)OC(COC(=O)CCCCCCCCCCCC/C=C\C/C=C\C/C=C\C/C=C\C/C=C\C/C=C\CC)COC(OCC[N+](C)(C)C)C(=O)O. The van der Waals surface area contributed by atoms with Crippen LogP contribution in [0.1, 0.15) is 258 Å². The lowest BCUT2D eigenvalue weighted by molar-refractivity contribution is -0.870. The van der Waals surface area contributed by atoms with Gasteiger partial charge in [-0.05, 0) is 116 Å². The molecule has 0 heterocycles. The quantitative estimate of drug-likeness (QED) is 0.0211. The van der Waals surface area contributed by atoms with Gasteiger partial charge in [0.05, 0.1) is 34.4 Å². The summed E-state index contributed by atoms with van der Waals surface area (Å²) in [4.78, 5) is 37.6. The molecule has 0 aliphatic rings. The van der Waals surface area contributed by atoms with Gasteiger partial charge in [0.1, 0.15) is 13.2 Å². The second-order valence-electron chi connectivity index (χ2n) is 23.4. The van der Waals surface area contributed by atoms with E-state index in [1.165, 1.54) is 103 Å². The lowest BCUT2D eigenvalue weighted by Gasteiger charge is -2.25. The van der Waals surface area contributed by atoms with E-state index in [4.69, 9.17) is 18.9 Å². The van der Waals surface area contributed by atoms with Gasteiger partial charge in [-0.25, -0.2) is 4.79 Å². The highest BCUT2D eigenvalue weighted by Crippen LogP contribution is 2.16. The average Bonchev–Trinajstić information content (AvgIpc) is 3.49. The van der Waals surface area contributed by atoms with Crippen molar-refractivity contribution in [3.8, 4) is 0 Å². The maximum Gasteiger partial charge on any atom is 0.361 e. The third-order valence-electron chi connectivity index (χ3n) is 14.1. The number of nitrogens with zero attached hydrogens (tertiary/aromatic N) is 1. The Balaban J connectivity index is 4.19. The molecule has 2 atom stereocenters. The van der Waals surface area contributed by atoms with Crippen LogP contribution in [0.25, 0.3) is 0 Å². The van der Waals surface area contributed by atoms with E-state index in [1.54, 1.807) is 0 Å². The van der Waals surface area contributed by atoms with Crippen molar-refractivity contribution in [2.24, 2.45) is 0 Å². The van der Waals surface area contributed by atoms with Gasteiger partial charge < -0.3 is 28.5 Å². The summed E-state index contributed by atoms with van der Waals surface area (Å²) in [6.45, 7) is 4.64. The number of ether oxygens (including phenoxy) is 4. The van der Waals surface area contributed by atoms with Crippen LogP contribution in [0.2, 0.25) is 0 Å². The number of likely N-dealkylation sites (N-methyl/N-ethyl adjacent to an activating group) is 1. The second-order valence-corrected chi connectivity index (χ2v) is 23.4. The van der Waals surface area contributed by atoms with Crippen LogP contribution in [-0.4, -0.2) is 87.4 Å². The Kier molecular flexibility index (Phi) is 61.4. The molecule has 9 nitrogen and oxygen atoms in total. The molecule has 0 aliphatic carbocycles. The predicted octanol–water partition coefficient (Wildman–Crippen LogP) is 21.1. The van der Waals surface area contributed by atoms with Crippen molar-refractivity contribution in [2.75, 3.05) is 47.5 Å². The molecule has 0 saturated carbocycles. The molecule has 482 valence electrons. The predicted molar refractivity (Wildman–Crippen MR) is 364 cm³/mol. The van der Waals surface area contributed by atoms with Crippen molar-refractivity contribution in [3.63, 3.8) is 0 Å². The van der Waals surface area contributed by atoms with E-state index >= 15 is 0 Å². The number of carbonyl (C=O) groups excluding carboxylic acids is 2. The Hall–Kier alpha value is -4.83. The Morgan fingerprint density at radius 1 is 0.353 bits per heavy atom. The van der Waals surface area contributed by atoms with Crippen LogP contribution < -0.4 is 0 Å². The molecule has 9 heteroatoms. The molecule has 85 heavy (non-hydrogen) atoms. The summed E-state index contributed by atoms with van der Waals surface area (Å²) < 4.78 is 23.0. The van der Waals surface area contributed by atoms with Crippen LogP contribution in [0, 0.1) is 0 Å². The van der Waals surface area contributed by atoms with Gasteiger partial charge in [0.2, 0.25) is 0 Å². The zero-order chi connectivity index (χ0) is 61.9. The van der Waals surface area contributed by atoms with E-state index in [0.29, 0.717) is 17.4 Å². The van der Waals surface area contributed by atoms with Gasteiger partial charge in [-0.3, -0.25) is 9.59 Å². The number of carbonyl (C=O) groups is 3. The number of carboxylic acid groups (broad SMARTS) is 1. The summed E-state index contributed by atoms with van der Waals surface area (Å²) in [6.07, 6.45) is 92.2. The fourth-order valence-corrected chi connectivity index (χ4v) is 8.96. The number of unbranched alkanes of at least 4 members (excludes halogenated alkanes) is 22. The van der Waals surface area contributed by atoms with E-state index in [9.17, 15) is 19.5 Å². The first-order chi connectivity index (χ1) is 41.6. The summed E-state index contributed by atoms with van der Waals surface area (Å²) in [5.74, 6) is -2.02. The minimum atomic E-state index is -1.52. The minimum Gasteiger partial charge on any atom is -0.477 e. The highest BCUT2D eigenvalue weighted by Gasteiger charge is 2.25. The molecule has 0 aliphatic heterocycles. The fraction of sp³-hybridized carbons (Fsp3) is 0.645. The van der Waals surface area contributed by atoms with Gasteiger partial charge in [0, 0.05) is 12.8 Å². The number of quaternary nitrogens is 1. The summed E-state index contributed by atoms with van der Waals surface area (Å²) >= 11 is 0. The van der Waals surface area contributed by atoms with Gasteiger partial charge in [0.25, 0.3) is 6.29 Å². The number of esters is 2. The number of carboxylic acids is 1. The van der Waals surface area contributed by atoms with Gasteiger partial charge in [-0.2, -0.15) is 0 Å². The van der Waals surface area contributed by atoms with E-state index in [1.807, 2.05) is 21.1 Å². The first kappa shape index (κ1) is 80.2. The van der Waals surface area contributed by atoms with Gasteiger partial charge in [0.15, 0.2) is 6.10 Å². The molecule has 0 aromatic carbocycles. The number of rotatable bonds is 61. The van der Waals surface area contributed by atoms with Gasteiger partial charge in [-0.15, -0.1) is 0 Å². The lowest BCUT2D eigenvalue weighted by atomic mass is 10.0. The molecule has 0 fully saturated rings. The summed E-state index contributed by atoms with van der Waals surface area (Å²) in [6, 6.07) is 0. The minimum absolute atomic E-state index is 0.180. The molecule has 2 unspecified atom stereocenters. The van der Waals surface area contributed by atoms with Crippen LogP contribution in [0.15, 0.2) is 146 Å². The summed E-state index contributed by atoms with van der Waals surface area (Å²) in [5, 5.41) is 9.75. The molecule has 0 bridgehead atoms. The van der Waals surface area contributed by atoms with E-state index in [2.05, 4.69) is 160 Å². The highest BCUT2D eigenvalue weighted by molar-refractivity contribution is 5.71. The smallest absolute Gasteiger partial charge is 0.361 e. The van der Waals surface area contributed by atoms with E-state index in [-0.39, 0.29) is 38.6 Å². The Labute approximate surface area is 522 Å². The first-order valence-corrected chi connectivity index (χ1v) is 34.0. The molecule has 0 saturated heterocycles. The molecule has 0 radical (unpaired) electrons. The molecule has 0 aromatic heterocycles. The third kappa shape index (κ3) is 66.5. The van der Waals surface area contributed by atoms with Crippen molar-refractivity contribution < 1.29 is 42.9 Å². The maximum atomic E-state index is 12.9. The van der Waals surface area contributed by atoms with Crippen molar-refractivity contribution in [1.82, 2.24) is 0 Å². The zero-order valence-corrected chi connectivity index (χ0v) is 55.0. The number of hydrogen-bond acceptors (Lipinski definition) is 7. The van der Waals surface area contributed by atoms with Crippen LogP contribution in [0.4, 0.5) is 0 Å². The van der Waals surface area contributed by atoms with E-state index in [0.717, 1.165) is 122 Å². The van der Waals surface area contributed by atoms with Crippen LogP contribution >= 0.6 is 0 Å². The molecular weight excluding hydrogens is 1050 g/mol. The number of allylic oxidation sites excluding steroid dienone is 24. The van der Waals surface area contributed by atoms with Gasteiger partial charge in [-0.1, -0.05) is 275 Å². The maximum absolute atomic E-state index is 12.9. The van der Waals surface area contributed by atoms with Crippen molar-refractivity contribution in [3.05, 3.63) is 146 Å². The normalized spacial score (nSPS) is 13.7. The van der Waals surface area contributed by atoms with E-state index < -0.39 is 24.3 Å².